The highest BCUT2D eigenvalue weighted by molar-refractivity contribution is 6.32. The molecule has 0 aliphatic carbocycles. The second-order valence-electron chi connectivity index (χ2n) is 6.67. The molecular weight excluding hydrogens is 364 g/mol. The summed E-state index contributed by atoms with van der Waals surface area (Å²) in [7, 11) is 1.53. The molecule has 0 bridgehead atoms. The molecule has 0 aromatic heterocycles. The summed E-state index contributed by atoms with van der Waals surface area (Å²) in [5.41, 5.74) is 3.33. The van der Waals surface area contributed by atoms with Gasteiger partial charge in [0.2, 0.25) is 11.8 Å². The van der Waals surface area contributed by atoms with Crippen molar-refractivity contribution in [1.29, 1.82) is 0 Å². The van der Waals surface area contributed by atoms with Gasteiger partial charge in [0.05, 0.1) is 17.8 Å². The van der Waals surface area contributed by atoms with Crippen LogP contribution in [0.3, 0.4) is 0 Å². The summed E-state index contributed by atoms with van der Waals surface area (Å²) in [5.74, 6) is 0.269. The average Bonchev–Trinajstić information content (AvgIpc) is 2.59. The fourth-order valence-electron chi connectivity index (χ4n) is 2.95. The first-order valence-corrected chi connectivity index (χ1v) is 9.13. The number of aryl methyl sites for hydroxylation is 1. The number of halogens is 1. The van der Waals surface area contributed by atoms with Crippen molar-refractivity contribution in [3.8, 4) is 5.75 Å². The number of para-hydroxylation sites is 1. The van der Waals surface area contributed by atoms with E-state index in [1.807, 2.05) is 25.1 Å². The number of amides is 2. The van der Waals surface area contributed by atoms with Crippen molar-refractivity contribution >= 4 is 34.8 Å². The zero-order chi connectivity index (χ0) is 20.1. The van der Waals surface area contributed by atoms with E-state index >= 15 is 0 Å². The van der Waals surface area contributed by atoms with Crippen LogP contribution in [0, 0.1) is 6.92 Å². The van der Waals surface area contributed by atoms with Crippen molar-refractivity contribution in [1.82, 2.24) is 0 Å². The summed E-state index contributed by atoms with van der Waals surface area (Å²) in [6, 6.07) is 10.9. The van der Waals surface area contributed by atoms with Crippen LogP contribution in [-0.4, -0.2) is 25.5 Å². The predicted octanol–water partition coefficient (Wildman–Crippen LogP) is 4.77. The van der Waals surface area contributed by atoms with Gasteiger partial charge in [-0.25, -0.2) is 0 Å². The van der Waals surface area contributed by atoms with Gasteiger partial charge in [0, 0.05) is 12.6 Å². The number of hydrogen-bond acceptors (Lipinski definition) is 3. The third kappa shape index (κ3) is 5.01. The van der Waals surface area contributed by atoms with Gasteiger partial charge < -0.3 is 15.0 Å². The monoisotopic (exact) mass is 388 g/mol. The lowest BCUT2D eigenvalue weighted by Crippen LogP contribution is -2.37. The van der Waals surface area contributed by atoms with Gasteiger partial charge in [-0.1, -0.05) is 43.6 Å². The molecule has 2 aromatic carbocycles. The number of nitrogens with zero attached hydrogens (tertiary/aromatic N) is 1. The second-order valence-corrected chi connectivity index (χ2v) is 7.08. The number of carbonyl (C=O) groups excluding carboxylic acids is 2. The summed E-state index contributed by atoms with van der Waals surface area (Å²) in [5, 5.41) is 3.19. The van der Waals surface area contributed by atoms with E-state index in [0.717, 1.165) is 16.8 Å². The molecule has 0 radical (unpaired) electrons. The number of benzene rings is 2. The molecule has 0 atom stereocenters. The smallest absolute Gasteiger partial charge is 0.244 e. The maximum Gasteiger partial charge on any atom is 0.244 e. The first-order chi connectivity index (χ1) is 12.7. The van der Waals surface area contributed by atoms with Crippen molar-refractivity contribution in [3.05, 3.63) is 52.5 Å². The number of anilines is 2. The van der Waals surface area contributed by atoms with E-state index in [1.165, 1.54) is 18.9 Å². The fourth-order valence-corrected chi connectivity index (χ4v) is 3.21. The zero-order valence-electron chi connectivity index (χ0n) is 16.3. The Bertz CT molecular complexity index is 849. The molecule has 0 heterocycles. The Morgan fingerprint density at radius 3 is 2.48 bits per heavy atom. The fraction of sp³-hybridized carbons (Fsp3) is 0.333. The van der Waals surface area contributed by atoms with Crippen LogP contribution < -0.4 is 15.0 Å². The van der Waals surface area contributed by atoms with E-state index in [2.05, 4.69) is 19.2 Å². The van der Waals surface area contributed by atoms with Crippen LogP contribution >= 0.6 is 11.6 Å². The standard InChI is InChI=1S/C21H25ClN2O3/c1-13(2)17-8-6-7-14(3)21(17)24(15(4)25)12-20(26)23-16-9-10-19(27-5)18(22)11-16/h6-11,13H,12H2,1-5H3,(H,23,26). The summed E-state index contributed by atoms with van der Waals surface area (Å²) >= 11 is 6.10. The van der Waals surface area contributed by atoms with Gasteiger partial charge in [-0.05, 0) is 42.2 Å². The van der Waals surface area contributed by atoms with Gasteiger partial charge in [-0.3, -0.25) is 9.59 Å². The van der Waals surface area contributed by atoms with Crippen LogP contribution in [0.15, 0.2) is 36.4 Å². The van der Waals surface area contributed by atoms with E-state index in [4.69, 9.17) is 16.3 Å². The largest absolute Gasteiger partial charge is 0.495 e. The Morgan fingerprint density at radius 1 is 1.22 bits per heavy atom. The van der Waals surface area contributed by atoms with Crippen molar-refractivity contribution in [2.75, 3.05) is 23.9 Å². The minimum atomic E-state index is -0.301. The minimum absolute atomic E-state index is 0.0798. The van der Waals surface area contributed by atoms with E-state index < -0.39 is 0 Å². The van der Waals surface area contributed by atoms with Gasteiger partial charge in [-0.15, -0.1) is 0 Å². The summed E-state index contributed by atoms with van der Waals surface area (Å²) in [4.78, 5) is 26.4. The first kappa shape index (κ1) is 20.8. The molecule has 0 fully saturated rings. The lowest BCUT2D eigenvalue weighted by Gasteiger charge is -2.27. The molecule has 0 saturated heterocycles. The Labute approximate surface area is 165 Å². The first-order valence-electron chi connectivity index (χ1n) is 8.75. The Balaban J connectivity index is 2.26. The van der Waals surface area contributed by atoms with E-state index in [1.54, 1.807) is 18.2 Å². The quantitative estimate of drug-likeness (QED) is 0.775. The topological polar surface area (TPSA) is 58.6 Å². The molecule has 0 unspecified atom stereocenters. The number of carbonyl (C=O) groups is 2. The van der Waals surface area contributed by atoms with Gasteiger partial charge in [0.15, 0.2) is 0 Å². The van der Waals surface area contributed by atoms with Crippen molar-refractivity contribution in [2.24, 2.45) is 0 Å². The lowest BCUT2D eigenvalue weighted by atomic mass is 9.97. The van der Waals surface area contributed by atoms with E-state index in [9.17, 15) is 9.59 Å². The predicted molar refractivity (Wildman–Crippen MR) is 110 cm³/mol. The van der Waals surface area contributed by atoms with Crippen molar-refractivity contribution in [2.45, 2.75) is 33.6 Å². The Hall–Kier alpha value is -2.53. The third-order valence-corrected chi connectivity index (χ3v) is 4.57. The van der Waals surface area contributed by atoms with Gasteiger partial charge in [-0.2, -0.15) is 0 Å². The maximum absolute atomic E-state index is 12.6. The third-order valence-electron chi connectivity index (χ3n) is 4.28. The highest BCUT2D eigenvalue weighted by atomic mass is 35.5. The molecule has 0 spiro atoms. The van der Waals surface area contributed by atoms with Crippen LogP contribution in [0.1, 0.15) is 37.8 Å². The molecule has 27 heavy (non-hydrogen) atoms. The number of ether oxygens (including phenoxy) is 1. The molecule has 2 rings (SSSR count). The molecule has 5 nitrogen and oxygen atoms in total. The number of hydrogen-bond donors (Lipinski definition) is 1. The molecule has 2 aromatic rings. The molecule has 6 heteroatoms. The highest BCUT2D eigenvalue weighted by Gasteiger charge is 2.22. The molecule has 0 aliphatic heterocycles. The van der Waals surface area contributed by atoms with Crippen LogP contribution in [-0.2, 0) is 9.59 Å². The summed E-state index contributed by atoms with van der Waals surface area (Å²) in [6.45, 7) is 7.46. The Morgan fingerprint density at radius 2 is 1.93 bits per heavy atom. The second kappa shape index (κ2) is 8.91. The maximum atomic E-state index is 12.6. The molecule has 2 amide bonds. The molecular formula is C21H25ClN2O3. The van der Waals surface area contributed by atoms with Crippen LogP contribution in [0.25, 0.3) is 0 Å². The summed E-state index contributed by atoms with van der Waals surface area (Å²) in [6.07, 6.45) is 0. The normalized spacial score (nSPS) is 10.6. The van der Waals surface area contributed by atoms with Gasteiger partial charge in [0.25, 0.3) is 0 Å². The Kier molecular flexibility index (Phi) is 6.86. The van der Waals surface area contributed by atoms with Crippen LogP contribution in [0.2, 0.25) is 5.02 Å². The molecule has 1 N–H and O–H groups in total. The summed E-state index contributed by atoms with van der Waals surface area (Å²) < 4.78 is 5.11. The molecule has 0 aliphatic rings. The van der Waals surface area contributed by atoms with Gasteiger partial charge in [0.1, 0.15) is 12.3 Å². The number of rotatable bonds is 6. The van der Waals surface area contributed by atoms with Crippen LogP contribution in [0.5, 0.6) is 5.75 Å². The molecule has 0 saturated carbocycles. The minimum Gasteiger partial charge on any atom is -0.495 e. The van der Waals surface area contributed by atoms with Crippen molar-refractivity contribution < 1.29 is 14.3 Å². The number of nitrogens with one attached hydrogen (secondary N) is 1. The number of methoxy groups -OCH3 is 1. The van der Waals surface area contributed by atoms with Crippen LogP contribution in [0.4, 0.5) is 11.4 Å². The van der Waals surface area contributed by atoms with Crippen molar-refractivity contribution in [3.63, 3.8) is 0 Å². The average molecular weight is 389 g/mol. The van der Waals surface area contributed by atoms with E-state index in [0.29, 0.717) is 16.5 Å². The van der Waals surface area contributed by atoms with E-state index in [-0.39, 0.29) is 24.3 Å². The van der Waals surface area contributed by atoms with Gasteiger partial charge >= 0.3 is 0 Å². The zero-order valence-corrected chi connectivity index (χ0v) is 17.1. The SMILES string of the molecule is COc1ccc(NC(=O)CN(C(C)=O)c2c(C)cccc2C(C)C)cc1Cl. The lowest BCUT2D eigenvalue weighted by molar-refractivity contribution is -0.120. The molecule has 144 valence electrons. The highest BCUT2D eigenvalue weighted by Crippen LogP contribution is 2.31.